The van der Waals surface area contributed by atoms with Gasteiger partial charge < -0.3 is 4.42 Å². The van der Waals surface area contributed by atoms with E-state index in [-0.39, 0.29) is 0 Å². The van der Waals surface area contributed by atoms with Gasteiger partial charge >= 0.3 is 0 Å². The molecule has 2 aromatic rings. The zero-order valence-electron chi connectivity index (χ0n) is 8.35. The monoisotopic (exact) mass is 174 g/mol. The Morgan fingerprint density at radius 1 is 1.15 bits per heavy atom. The fraction of sp³-hybridized carbons (Fsp3) is 0.333. The molecule has 0 amide bonds. The van der Waals surface area contributed by atoms with E-state index in [4.69, 9.17) is 4.42 Å². The molecule has 0 saturated heterocycles. The Hall–Kier alpha value is -1.24. The summed E-state index contributed by atoms with van der Waals surface area (Å²) in [7, 11) is 0. The van der Waals surface area contributed by atoms with E-state index in [1.54, 1.807) is 0 Å². The lowest BCUT2D eigenvalue weighted by Gasteiger charge is -2.01. The number of hydrogen-bond acceptors (Lipinski definition) is 1. The van der Waals surface area contributed by atoms with E-state index in [9.17, 15) is 0 Å². The summed E-state index contributed by atoms with van der Waals surface area (Å²) >= 11 is 0. The van der Waals surface area contributed by atoms with Crippen molar-refractivity contribution >= 4 is 11.0 Å². The second-order valence-electron chi connectivity index (χ2n) is 3.53. The maximum Gasteiger partial charge on any atom is 0.134 e. The molecular weight excluding hydrogens is 160 g/mol. The highest BCUT2D eigenvalue weighted by Crippen LogP contribution is 2.23. The molecule has 1 heterocycles. The topological polar surface area (TPSA) is 13.1 Å². The van der Waals surface area contributed by atoms with Crippen LogP contribution in [0.3, 0.4) is 0 Å². The average molecular weight is 174 g/mol. The Kier molecular flexibility index (Phi) is 1.87. The summed E-state index contributed by atoms with van der Waals surface area (Å²) < 4.78 is 5.57. The summed E-state index contributed by atoms with van der Waals surface area (Å²) in [5.74, 6) is 0.989. The third-order valence-corrected chi connectivity index (χ3v) is 2.48. The molecule has 1 aromatic heterocycles. The maximum absolute atomic E-state index is 5.57. The van der Waals surface area contributed by atoms with Crippen molar-refractivity contribution in [2.45, 2.75) is 27.2 Å². The number of benzene rings is 1. The van der Waals surface area contributed by atoms with Crippen LogP contribution in [0.4, 0.5) is 0 Å². The van der Waals surface area contributed by atoms with Crippen LogP contribution >= 0.6 is 0 Å². The van der Waals surface area contributed by atoms with Crippen LogP contribution in [0.2, 0.25) is 0 Å². The van der Waals surface area contributed by atoms with Crippen LogP contribution in [0.25, 0.3) is 11.0 Å². The van der Waals surface area contributed by atoms with E-state index in [1.165, 1.54) is 16.5 Å². The van der Waals surface area contributed by atoms with Gasteiger partial charge in [0.25, 0.3) is 0 Å². The van der Waals surface area contributed by atoms with Gasteiger partial charge in [0, 0.05) is 5.39 Å². The van der Waals surface area contributed by atoms with E-state index in [0.717, 1.165) is 17.8 Å². The van der Waals surface area contributed by atoms with E-state index in [0.29, 0.717) is 0 Å². The lowest BCUT2D eigenvalue weighted by molar-refractivity contribution is 0.578. The van der Waals surface area contributed by atoms with Crippen molar-refractivity contribution in [3.63, 3.8) is 0 Å². The molecule has 0 N–H and O–H groups in total. The second kappa shape index (κ2) is 2.91. The first kappa shape index (κ1) is 8.36. The van der Waals surface area contributed by atoms with Crippen LogP contribution in [0.15, 0.2) is 22.6 Å². The molecule has 0 spiro atoms. The highest BCUT2D eigenvalue weighted by atomic mass is 16.3. The zero-order valence-corrected chi connectivity index (χ0v) is 8.35. The number of hydrogen-bond donors (Lipinski definition) is 0. The number of furan rings is 1. The summed E-state index contributed by atoms with van der Waals surface area (Å²) in [4.78, 5) is 0. The van der Waals surface area contributed by atoms with Crippen molar-refractivity contribution in [3.05, 3.63) is 35.1 Å². The molecule has 0 fully saturated rings. The van der Waals surface area contributed by atoms with Gasteiger partial charge in [-0.3, -0.25) is 0 Å². The van der Waals surface area contributed by atoms with Crippen LogP contribution in [-0.2, 0) is 6.42 Å². The molecule has 1 aromatic carbocycles. The Morgan fingerprint density at radius 2 is 1.92 bits per heavy atom. The van der Waals surface area contributed by atoms with Crippen LogP contribution in [-0.4, -0.2) is 0 Å². The van der Waals surface area contributed by atoms with Gasteiger partial charge in [0.15, 0.2) is 0 Å². The molecule has 0 radical (unpaired) electrons. The summed E-state index contributed by atoms with van der Waals surface area (Å²) in [6.45, 7) is 6.31. The molecule has 1 heteroatoms. The minimum Gasteiger partial charge on any atom is -0.461 e. The molecule has 0 saturated carbocycles. The van der Waals surface area contributed by atoms with Gasteiger partial charge in [-0.05, 0) is 49.6 Å². The normalized spacial score (nSPS) is 11.0. The molecular formula is C12H14O. The first-order valence-corrected chi connectivity index (χ1v) is 4.70. The van der Waals surface area contributed by atoms with Crippen LogP contribution < -0.4 is 0 Å². The Bertz CT molecular complexity index is 438. The van der Waals surface area contributed by atoms with Gasteiger partial charge in [-0.15, -0.1) is 0 Å². The number of aryl methyl sites for hydroxylation is 3. The van der Waals surface area contributed by atoms with Crippen molar-refractivity contribution in [3.8, 4) is 0 Å². The summed E-state index contributed by atoms with van der Waals surface area (Å²) in [5.41, 5.74) is 3.75. The molecule has 68 valence electrons. The summed E-state index contributed by atoms with van der Waals surface area (Å²) in [6.07, 6.45) is 1.07. The van der Waals surface area contributed by atoms with Crippen molar-refractivity contribution in [2.75, 3.05) is 0 Å². The lowest BCUT2D eigenvalue weighted by atomic mass is 10.0. The Labute approximate surface area is 78.4 Å². The average Bonchev–Trinajstić information content (AvgIpc) is 2.42. The highest BCUT2D eigenvalue weighted by molar-refractivity contribution is 5.79. The smallest absolute Gasteiger partial charge is 0.134 e. The SMILES string of the molecule is CCc1cc2oc(C)cc2cc1C. The predicted octanol–water partition coefficient (Wildman–Crippen LogP) is 3.61. The molecule has 0 aliphatic carbocycles. The first-order chi connectivity index (χ1) is 6.20. The van der Waals surface area contributed by atoms with Gasteiger partial charge in [0.1, 0.15) is 11.3 Å². The van der Waals surface area contributed by atoms with E-state index in [2.05, 4.69) is 32.0 Å². The fourth-order valence-electron chi connectivity index (χ4n) is 1.76. The first-order valence-electron chi connectivity index (χ1n) is 4.70. The Morgan fingerprint density at radius 3 is 2.62 bits per heavy atom. The molecule has 0 bridgehead atoms. The Balaban J connectivity index is 2.72. The molecule has 0 aliphatic rings. The van der Waals surface area contributed by atoms with Gasteiger partial charge in [0.2, 0.25) is 0 Å². The second-order valence-corrected chi connectivity index (χ2v) is 3.53. The van der Waals surface area contributed by atoms with Gasteiger partial charge in [-0.25, -0.2) is 0 Å². The summed E-state index contributed by atoms with van der Waals surface area (Å²) in [5, 5.41) is 1.22. The zero-order chi connectivity index (χ0) is 9.42. The molecule has 13 heavy (non-hydrogen) atoms. The quantitative estimate of drug-likeness (QED) is 0.643. The van der Waals surface area contributed by atoms with Gasteiger partial charge in [-0.1, -0.05) is 6.92 Å². The van der Waals surface area contributed by atoms with Crippen LogP contribution in [0.5, 0.6) is 0 Å². The standard InChI is InChI=1S/C12H14O/c1-4-10-7-12-11(5-8(10)2)6-9(3)13-12/h5-7H,4H2,1-3H3. The minimum atomic E-state index is 0.989. The third-order valence-electron chi connectivity index (χ3n) is 2.48. The fourth-order valence-corrected chi connectivity index (χ4v) is 1.76. The predicted molar refractivity (Wildman–Crippen MR) is 55.1 cm³/mol. The van der Waals surface area contributed by atoms with Gasteiger partial charge in [0.05, 0.1) is 0 Å². The summed E-state index contributed by atoms with van der Waals surface area (Å²) in [6, 6.07) is 6.43. The molecule has 0 aliphatic heterocycles. The van der Waals surface area contributed by atoms with Crippen molar-refractivity contribution < 1.29 is 4.42 Å². The van der Waals surface area contributed by atoms with E-state index < -0.39 is 0 Å². The van der Waals surface area contributed by atoms with Crippen LogP contribution in [0.1, 0.15) is 23.8 Å². The third kappa shape index (κ3) is 1.35. The van der Waals surface area contributed by atoms with Crippen LogP contribution in [0, 0.1) is 13.8 Å². The number of rotatable bonds is 1. The number of fused-ring (bicyclic) bond motifs is 1. The van der Waals surface area contributed by atoms with E-state index in [1.807, 2.05) is 6.92 Å². The highest BCUT2D eigenvalue weighted by Gasteiger charge is 2.03. The minimum absolute atomic E-state index is 0.989. The molecule has 2 rings (SSSR count). The lowest BCUT2D eigenvalue weighted by Crippen LogP contribution is -1.84. The molecule has 1 nitrogen and oxygen atoms in total. The van der Waals surface area contributed by atoms with Crippen molar-refractivity contribution in [1.29, 1.82) is 0 Å². The molecule has 0 atom stereocenters. The van der Waals surface area contributed by atoms with E-state index >= 15 is 0 Å². The molecule has 0 unspecified atom stereocenters. The van der Waals surface area contributed by atoms with Gasteiger partial charge in [-0.2, -0.15) is 0 Å². The largest absolute Gasteiger partial charge is 0.461 e. The maximum atomic E-state index is 5.57. The van der Waals surface area contributed by atoms with Crippen molar-refractivity contribution in [2.24, 2.45) is 0 Å². The van der Waals surface area contributed by atoms with Crippen molar-refractivity contribution in [1.82, 2.24) is 0 Å².